The Hall–Kier alpha value is -2.24. The van der Waals surface area contributed by atoms with Crippen molar-refractivity contribution in [3.63, 3.8) is 0 Å². The van der Waals surface area contributed by atoms with Gasteiger partial charge in [-0.2, -0.15) is 0 Å². The summed E-state index contributed by atoms with van der Waals surface area (Å²) in [6, 6.07) is 9.68. The van der Waals surface area contributed by atoms with Crippen LogP contribution in [0.2, 0.25) is 0 Å². The number of aliphatic carboxylic acids is 1. The van der Waals surface area contributed by atoms with Crippen LogP contribution in [0, 0.1) is 0 Å². The third kappa shape index (κ3) is 3.13. The van der Waals surface area contributed by atoms with Gasteiger partial charge in [0.25, 0.3) is 0 Å². The monoisotopic (exact) mass is 246 g/mol. The number of nitrogens with zero attached hydrogens (tertiary/aromatic N) is 4. The van der Waals surface area contributed by atoms with Crippen LogP contribution < -0.4 is 0 Å². The van der Waals surface area contributed by atoms with E-state index in [4.69, 9.17) is 5.11 Å². The van der Waals surface area contributed by atoms with Crippen molar-refractivity contribution < 1.29 is 9.90 Å². The molecule has 6 heteroatoms. The number of tetrazole rings is 1. The molecule has 0 bridgehead atoms. The van der Waals surface area contributed by atoms with E-state index in [-0.39, 0.29) is 6.42 Å². The van der Waals surface area contributed by atoms with E-state index in [9.17, 15) is 4.79 Å². The Balaban J connectivity index is 1.98. The first kappa shape index (κ1) is 12.2. The van der Waals surface area contributed by atoms with Crippen LogP contribution in [0.3, 0.4) is 0 Å². The molecule has 2 rings (SSSR count). The van der Waals surface area contributed by atoms with E-state index in [1.807, 2.05) is 30.3 Å². The molecule has 94 valence electrons. The number of rotatable bonds is 6. The molecule has 1 heterocycles. The highest BCUT2D eigenvalue weighted by Gasteiger charge is 2.07. The van der Waals surface area contributed by atoms with Gasteiger partial charge in [-0.05, 0) is 23.3 Å². The SMILES string of the molecule is O=C(O)CCCCn1nnnc1-c1ccccc1. The van der Waals surface area contributed by atoms with Gasteiger partial charge in [0.15, 0.2) is 5.82 Å². The number of carbonyl (C=O) groups is 1. The van der Waals surface area contributed by atoms with Crippen LogP contribution in [-0.2, 0) is 11.3 Å². The molecule has 18 heavy (non-hydrogen) atoms. The molecular weight excluding hydrogens is 232 g/mol. The Kier molecular flexibility index (Phi) is 4.01. The van der Waals surface area contributed by atoms with E-state index in [0.29, 0.717) is 18.8 Å². The highest BCUT2D eigenvalue weighted by molar-refractivity contribution is 5.66. The van der Waals surface area contributed by atoms with Crippen molar-refractivity contribution in [3.05, 3.63) is 30.3 Å². The van der Waals surface area contributed by atoms with Gasteiger partial charge in [-0.15, -0.1) is 5.10 Å². The van der Waals surface area contributed by atoms with Crippen molar-refractivity contribution in [2.45, 2.75) is 25.8 Å². The van der Waals surface area contributed by atoms with Crippen molar-refractivity contribution >= 4 is 5.97 Å². The first-order valence-corrected chi connectivity index (χ1v) is 5.81. The summed E-state index contributed by atoms with van der Waals surface area (Å²) in [6.07, 6.45) is 1.56. The van der Waals surface area contributed by atoms with Crippen LogP contribution in [0.1, 0.15) is 19.3 Å². The van der Waals surface area contributed by atoms with Gasteiger partial charge in [-0.1, -0.05) is 30.3 Å². The lowest BCUT2D eigenvalue weighted by atomic mass is 10.2. The van der Waals surface area contributed by atoms with Crippen molar-refractivity contribution in [3.8, 4) is 11.4 Å². The molecule has 0 fully saturated rings. The molecule has 0 saturated carbocycles. The van der Waals surface area contributed by atoms with Gasteiger partial charge in [0, 0.05) is 18.5 Å². The normalized spacial score (nSPS) is 10.4. The fraction of sp³-hybridized carbons (Fsp3) is 0.333. The highest BCUT2D eigenvalue weighted by Crippen LogP contribution is 2.15. The molecule has 6 nitrogen and oxygen atoms in total. The predicted molar refractivity (Wildman–Crippen MR) is 64.7 cm³/mol. The Morgan fingerprint density at radius 2 is 2.00 bits per heavy atom. The Bertz CT molecular complexity index is 510. The van der Waals surface area contributed by atoms with Crippen molar-refractivity contribution in [1.29, 1.82) is 0 Å². The van der Waals surface area contributed by atoms with E-state index in [0.717, 1.165) is 12.0 Å². The summed E-state index contributed by atoms with van der Waals surface area (Å²) in [7, 11) is 0. The maximum absolute atomic E-state index is 10.4. The van der Waals surface area contributed by atoms with Gasteiger partial charge in [0.2, 0.25) is 0 Å². The summed E-state index contributed by atoms with van der Waals surface area (Å²) in [5, 5.41) is 20.1. The number of hydrogen-bond acceptors (Lipinski definition) is 4. The van der Waals surface area contributed by atoms with Crippen LogP contribution in [0.4, 0.5) is 0 Å². The van der Waals surface area contributed by atoms with Gasteiger partial charge in [-0.3, -0.25) is 4.79 Å². The van der Waals surface area contributed by atoms with Gasteiger partial charge in [0.05, 0.1) is 0 Å². The average Bonchev–Trinajstić information content (AvgIpc) is 2.84. The number of aromatic nitrogens is 4. The number of benzene rings is 1. The zero-order chi connectivity index (χ0) is 12.8. The average molecular weight is 246 g/mol. The van der Waals surface area contributed by atoms with Crippen molar-refractivity contribution in [2.75, 3.05) is 0 Å². The number of unbranched alkanes of at least 4 members (excludes halogenated alkanes) is 1. The number of hydrogen-bond donors (Lipinski definition) is 1. The zero-order valence-corrected chi connectivity index (χ0v) is 9.86. The molecule has 1 aromatic carbocycles. The van der Waals surface area contributed by atoms with Crippen molar-refractivity contribution in [2.24, 2.45) is 0 Å². The summed E-state index contributed by atoms with van der Waals surface area (Å²) in [5.74, 6) is -0.0547. The number of carboxylic acid groups (broad SMARTS) is 1. The molecule has 1 N–H and O–H groups in total. The van der Waals surface area contributed by atoms with Crippen LogP contribution in [-0.4, -0.2) is 31.3 Å². The summed E-state index contributed by atoms with van der Waals surface area (Å²) >= 11 is 0. The second-order valence-electron chi connectivity index (χ2n) is 3.94. The minimum absolute atomic E-state index is 0.183. The molecule has 0 amide bonds. The van der Waals surface area contributed by atoms with Crippen LogP contribution in [0.25, 0.3) is 11.4 Å². The standard InChI is InChI=1S/C12H14N4O2/c17-11(18)8-4-5-9-16-12(13-14-15-16)10-6-2-1-3-7-10/h1-3,6-7H,4-5,8-9H2,(H,17,18). The molecule has 0 spiro atoms. The lowest BCUT2D eigenvalue weighted by Crippen LogP contribution is -2.04. The zero-order valence-electron chi connectivity index (χ0n) is 9.86. The van der Waals surface area contributed by atoms with Crippen LogP contribution in [0.5, 0.6) is 0 Å². The number of aryl methyl sites for hydroxylation is 1. The molecule has 2 aromatic rings. The fourth-order valence-electron chi connectivity index (χ4n) is 1.69. The van der Waals surface area contributed by atoms with E-state index < -0.39 is 5.97 Å². The molecule has 0 saturated heterocycles. The van der Waals surface area contributed by atoms with Gasteiger partial charge < -0.3 is 5.11 Å². The molecule has 1 aromatic heterocycles. The van der Waals surface area contributed by atoms with E-state index in [1.54, 1.807) is 4.68 Å². The molecule has 0 unspecified atom stereocenters. The molecule has 0 atom stereocenters. The van der Waals surface area contributed by atoms with E-state index >= 15 is 0 Å². The first-order chi connectivity index (χ1) is 8.77. The molecule has 0 aliphatic heterocycles. The van der Waals surface area contributed by atoms with Gasteiger partial charge in [-0.25, -0.2) is 4.68 Å². The van der Waals surface area contributed by atoms with Crippen molar-refractivity contribution in [1.82, 2.24) is 20.2 Å². The number of carboxylic acids is 1. The Morgan fingerprint density at radius 3 is 2.72 bits per heavy atom. The molecule has 0 aliphatic rings. The largest absolute Gasteiger partial charge is 0.481 e. The predicted octanol–water partition coefficient (Wildman–Crippen LogP) is 1.59. The maximum atomic E-state index is 10.4. The quantitative estimate of drug-likeness (QED) is 0.783. The smallest absolute Gasteiger partial charge is 0.303 e. The second kappa shape index (κ2) is 5.90. The topological polar surface area (TPSA) is 80.9 Å². The third-order valence-electron chi connectivity index (χ3n) is 2.57. The van der Waals surface area contributed by atoms with Gasteiger partial charge in [0.1, 0.15) is 0 Å². The summed E-state index contributed by atoms with van der Waals surface area (Å²) in [5.41, 5.74) is 0.959. The minimum atomic E-state index is -0.769. The van der Waals surface area contributed by atoms with Crippen LogP contribution in [0.15, 0.2) is 30.3 Å². The van der Waals surface area contributed by atoms with E-state index in [2.05, 4.69) is 15.5 Å². The molecule has 0 aliphatic carbocycles. The second-order valence-corrected chi connectivity index (χ2v) is 3.94. The summed E-state index contributed by atoms with van der Waals surface area (Å²) in [4.78, 5) is 10.4. The molecular formula is C12H14N4O2. The minimum Gasteiger partial charge on any atom is -0.481 e. The molecule has 0 radical (unpaired) electrons. The van der Waals surface area contributed by atoms with Crippen LogP contribution >= 0.6 is 0 Å². The lowest BCUT2D eigenvalue weighted by Gasteiger charge is -2.03. The Morgan fingerprint density at radius 1 is 1.22 bits per heavy atom. The van der Waals surface area contributed by atoms with E-state index in [1.165, 1.54) is 0 Å². The first-order valence-electron chi connectivity index (χ1n) is 5.81. The third-order valence-corrected chi connectivity index (χ3v) is 2.57. The lowest BCUT2D eigenvalue weighted by molar-refractivity contribution is -0.137. The maximum Gasteiger partial charge on any atom is 0.303 e. The summed E-state index contributed by atoms with van der Waals surface area (Å²) in [6.45, 7) is 0.629. The Labute approximate surface area is 104 Å². The highest BCUT2D eigenvalue weighted by atomic mass is 16.4. The summed E-state index contributed by atoms with van der Waals surface area (Å²) < 4.78 is 1.71. The fourth-order valence-corrected chi connectivity index (χ4v) is 1.69. The van der Waals surface area contributed by atoms with Gasteiger partial charge >= 0.3 is 5.97 Å².